The largest absolute Gasteiger partial charge is 0.347 e. The van der Waals surface area contributed by atoms with Gasteiger partial charge in [0.2, 0.25) is 0 Å². The molecule has 174 valence electrons. The van der Waals surface area contributed by atoms with Gasteiger partial charge in [-0.1, -0.05) is 47.5 Å². The van der Waals surface area contributed by atoms with Crippen molar-refractivity contribution in [1.82, 2.24) is 10.2 Å². The van der Waals surface area contributed by atoms with Gasteiger partial charge in [-0.05, 0) is 55.8 Å². The summed E-state index contributed by atoms with van der Waals surface area (Å²) >= 11 is 1.67. The molecule has 1 N–H and O–H groups in total. The topological polar surface area (TPSA) is 49.4 Å². The van der Waals surface area contributed by atoms with Crippen molar-refractivity contribution < 1.29 is 9.59 Å². The Bertz CT molecular complexity index is 770. The Kier molecular flexibility index (Phi) is 10.5. The lowest BCUT2D eigenvalue weighted by Gasteiger charge is -2.38. The molecule has 0 aliphatic carbocycles. The minimum absolute atomic E-state index is 0.00951. The molecule has 0 spiro atoms. The lowest BCUT2D eigenvalue weighted by molar-refractivity contribution is -0.148. The van der Waals surface area contributed by atoms with Gasteiger partial charge in [0, 0.05) is 35.5 Å². The van der Waals surface area contributed by atoms with Crippen molar-refractivity contribution in [2.75, 3.05) is 6.54 Å². The van der Waals surface area contributed by atoms with Crippen molar-refractivity contribution in [3.63, 3.8) is 0 Å². The Balaban J connectivity index is 2.90. The van der Waals surface area contributed by atoms with Gasteiger partial charge in [0.1, 0.15) is 8.07 Å². The molecule has 31 heavy (non-hydrogen) atoms. The Labute approximate surface area is 195 Å². The molecular formula is C25H42N2O2SSi. The monoisotopic (exact) mass is 462 g/mol. The van der Waals surface area contributed by atoms with Gasteiger partial charge >= 0.3 is 11.8 Å². The first-order chi connectivity index (χ1) is 14.4. The van der Waals surface area contributed by atoms with Gasteiger partial charge in [-0.25, -0.2) is 0 Å². The third-order valence-electron chi connectivity index (χ3n) is 6.20. The number of hydrogen-bond acceptors (Lipinski definition) is 3. The number of nitrogens with zero attached hydrogens (tertiary/aromatic N) is 1. The highest BCUT2D eigenvalue weighted by Gasteiger charge is 2.41. The lowest BCUT2D eigenvalue weighted by Crippen LogP contribution is -2.49. The van der Waals surface area contributed by atoms with Crippen molar-refractivity contribution in [2.45, 2.75) is 104 Å². The molecule has 0 bridgehead atoms. The van der Waals surface area contributed by atoms with E-state index in [4.69, 9.17) is 0 Å². The van der Waals surface area contributed by atoms with Crippen LogP contribution in [-0.2, 0) is 16.0 Å². The molecule has 0 aliphatic rings. The predicted molar refractivity (Wildman–Crippen MR) is 136 cm³/mol. The Hall–Kier alpha value is -1.58. The molecule has 1 aromatic rings. The zero-order valence-electron chi connectivity index (χ0n) is 21.1. The normalized spacial score (nSPS) is 12.0. The van der Waals surface area contributed by atoms with Gasteiger partial charge in [-0.3, -0.25) is 9.59 Å². The van der Waals surface area contributed by atoms with Crippen LogP contribution in [0.15, 0.2) is 11.4 Å². The van der Waals surface area contributed by atoms with E-state index < -0.39 is 19.9 Å². The number of nitrogens with one attached hydrogen (secondary N) is 1. The summed E-state index contributed by atoms with van der Waals surface area (Å²) < 4.78 is 0. The van der Waals surface area contributed by atoms with Gasteiger partial charge in [-0.2, -0.15) is 0 Å². The molecular weight excluding hydrogens is 420 g/mol. The quantitative estimate of drug-likeness (QED) is 0.309. The second-order valence-corrected chi connectivity index (χ2v) is 16.4. The number of hydrogen-bond donors (Lipinski definition) is 1. The fourth-order valence-corrected chi connectivity index (χ4v) is 10.9. The van der Waals surface area contributed by atoms with Crippen LogP contribution in [0.5, 0.6) is 0 Å². The molecule has 0 atom stereocenters. The molecule has 0 aliphatic heterocycles. The van der Waals surface area contributed by atoms with E-state index in [-0.39, 0.29) is 12.1 Å². The third-order valence-corrected chi connectivity index (χ3v) is 13.5. The molecule has 6 heteroatoms. The van der Waals surface area contributed by atoms with Crippen molar-refractivity contribution in [3.05, 3.63) is 21.9 Å². The fourth-order valence-electron chi connectivity index (χ4n) is 4.80. The van der Waals surface area contributed by atoms with E-state index >= 15 is 0 Å². The molecule has 1 heterocycles. The number of rotatable bonds is 8. The highest BCUT2D eigenvalue weighted by Crippen LogP contribution is 2.40. The predicted octanol–water partition coefficient (Wildman–Crippen LogP) is 5.62. The maximum atomic E-state index is 12.5. The summed E-state index contributed by atoms with van der Waals surface area (Å²) in [6.07, 6.45) is 0.684. The maximum absolute atomic E-state index is 12.5. The molecule has 0 saturated heterocycles. The summed E-state index contributed by atoms with van der Waals surface area (Å²) in [6, 6.07) is 2.06. The molecule has 0 fully saturated rings. The minimum atomic E-state index is -1.78. The van der Waals surface area contributed by atoms with Gasteiger partial charge < -0.3 is 10.2 Å². The maximum Gasteiger partial charge on any atom is 0.312 e. The first-order valence-corrected chi connectivity index (χ1v) is 14.7. The summed E-state index contributed by atoms with van der Waals surface area (Å²) in [4.78, 5) is 27.6. The van der Waals surface area contributed by atoms with E-state index in [9.17, 15) is 9.59 Å². The van der Waals surface area contributed by atoms with Crippen LogP contribution in [0.1, 0.15) is 79.7 Å². The molecule has 0 radical (unpaired) electrons. The second-order valence-electron chi connectivity index (χ2n) is 9.81. The molecule has 1 aromatic heterocycles. The lowest BCUT2D eigenvalue weighted by atomic mass is 10.2. The fraction of sp³-hybridized carbons (Fsp3) is 0.680. The number of carbonyl (C=O) groups excluding carboxylic acids is 2. The molecule has 0 unspecified atom stereocenters. The van der Waals surface area contributed by atoms with Crippen molar-refractivity contribution >= 4 is 31.2 Å². The number of carbonyl (C=O) groups is 2. The van der Waals surface area contributed by atoms with Crippen LogP contribution >= 0.6 is 11.3 Å². The average molecular weight is 463 g/mol. The van der Waals surface area contributed by atoms with Crippen LogP contribution in [0.3, 0.4) is 0 Å². The Morgan fingerprint density at radius 3 is 1.94 bits per heavy atom. The van der Waals surface area contributed by atoms with Crippen LogP contribution < -0.4 is 5.32 Å². The summed E-state index contributed by atoms with van der Waals surface area (Å²) in [7, 11) is -1.78. The van der Waals surface area contributed by atoms with Gasteiger partial charge in [0.15, 0.2) is 0 Å². The number of thiophene rings is 1. The smallest absolute Gasteiger partial charge is 0.312 e. The van der Waals surface area contributed by atoms with E-state index in [0.717, 1.165) is 5.56 Å². The van der Waals surface area contributed by atoms with Gasteiger partial charge in [0.05, 0.1) is 0 Å². The van der Waals surface area contributed by atoms with Crippen molar-refractivity contribution in [1.29, 1.82) is 0 Å². The van der Waals surface area contributed by atoms with E-state index in [2.05, 4.69) is 69.8 Å². The Morgan fingerprint density at radius 2 is 1.48 bits per heavy atom. The zero-order chi connectivity index (χ0) is 23.9. The van der Waals surface area contributed by atoms with Crippen LogP contribution in [0.25, 0.3) is 0 Å². The van der Waals surface area contributed by atoms with Crippen molar-refractivity contribution in [2.24, 2.45) is 0 Å². The van der Waals surface area contributed by atoms with Crippen LogP contribution in [0.4, 0.5) is 0 Å². The van der Waals surface area contributed by atoms with Gasteiger partial charge in [0.25, 0.3) is 0 Å². The average Bonchev–Trinajstić information content (AvgIpc) is 3.07. The van der Waals surface area contributed by atoms with Crippen LogP contribution in [0.2, 0.25) is 16.6 Å². The van der Waals surface area contributed by atoms with Crippen LogP contribution in [0, 0.1) is 11.5 Å². The van der Waals surface area contributed by atoms with E-state index in [0.29, 0.717) is 29.6 Å². The molecule has 4 nitrogen and oxygen atoms in total. The summed E-state index contributed by atoms with van der Waals surface area (Å²) in [5, 5.41) is 4.87. The van der Waals surface area contributed by atoms with Crippen molar-refractivity contribution in [3.8, 4) is 11.5 Å². The molecule has 1 rings (SSSR count). The van der Waals surface area contributed by atoms with Crippen LogP contribution in [-0.4, -0.2) is 43.4 Å². The van der Waals surface area contributed by atoms with E-state index in [1.165, 1.54) is 4.88 Å². The van der Waals surface area contributed by atoms with Gasteiger partial charge in [-0.15, -0.1) is 16.9 Å². The standard InChI is InChI=1S/C25H42N2O2SSi/c1-17(2)27(18(3)4)25(29)24(28)26-14-11-23-22(12-15-30-23)13-16-31(19(5)6,20(7)8)21(9)10/h12,15,17-21H,11,14H2,1-10H3,(H,26,28). The SMILES string of the molecule is CC(C)N(C(=O)C(=O)NCCc1sccc1C#C[Si](C(C)C)(C(C)C)C(C)C)C(C)C. The van der Waals surface area contributed by atoms with E-state index in [1.54, 1.807) is 16.2 Å². The highest BCUT2D eigenvalue weighted by molar-refractivity contribution is 7.10. The summed E-state index contributed by atoms with van der Waals surface area (Å²) in [5.41, 5.74) is 6.63. The first kappa shape index (κ1) is 27.5. The zero-order valence-corrected chi connectivity index (χ0v) is 22.9. The molecule has 0 aromatic carbocycles. The molecule has 2 amide bonds. The Morgan fingerprint density at radius 1 is 0.968 bits per heavy atom. The first-order valence-electron chi connectivity index (χ1n) is 11.6. The minimum Gasteiger partial charge on any atom is -0.347 e. The highest BCUT2D eigenvalue weighted by atomic mass is 32.1. The number of amides is 2. The summed E-state index contributed by atoms with van der Waals surface area (Å²) in [6.45, 7) is 22.1. The second kappa shape index (κ2) is 11.9. The molecule has 0 saturated carbocycles. The summed E-state index contributed by atoms with van der Waals surface area (Å²) in [5.74, 6) is 2.53. The third kappa shape index (κ3) is 6.70. The van der Waals surface area contributed by atoms with E-state index in [1.807, 2.05) is 27.7 Å².